The fraction of sp³-hybridized carbons (Fsp3) is 0.320. The van der Waals surface area contributed by atoms with Crippen molar-refractivity contribution in [3.8, 4) is 0 Å². The van der Waals surface area contributed by atoms with Gasteiger partial charge in [-0.1, -0.05) is 42.5 Å². The van der Waals surface area contributed by atoms with Crippen molar-refractivity contribution in [2.45, 2.75) is 32.2 Å². The van der Waals surface area contributed by atoms with E-state index in [2.05, 4.69) is 70.1 Å². The van der Waals surface area contributed by atoms with Gasteiger partial charge in [0.1, 0.15) is 0 Å². The second kappa shape index (κ2) is 8.66. The number of carbonyl (C=O) groups is 1. The second-order valence-corrected chi connectivity index (χ2v) is 7.74. The molecule has 0 radical (unpaired) electrons. The van der Waals surface area contributed by atoms with Gasteiger partial charge in [0.15, 0.2) is 0 Å². The van der Waals surface area contributed by atoms with Crippen molar-refractivity contribution in [2.75, 3.05) is 20.2 Å². The third-order valence-corrected chi connectivity index (χ3v) is 5.97. The van der Waals surface area contributed by atoms with E-state index in [1.165, 1.54) is 53.8 Å². The molecule has 1 unspecified atom stereocenters. The Labute approximate surface area is 172 Å². The molecule has 4 heteroatoms. The number of H-pyrrole nitrogens is 1. The highest BCUT2D eigenvalue weighted by Crippen LogP contribution is 2.33. The van der Waals surface area contributed by atoms with Crippen LogP contribution < -0.4 is 0 Å². The highest BCUT2D eigenvalue weighted by Gasteiger charge is 2.25. The molecular formula is C25H28N2O2. The predicted octanol–water partition coefficient (Wildman–Crippen LogP) is 5.04. The van der Waals surface area contributed by atoms with Gasteiger partial charge in [0.25, 0.3) is 0 Å². The van der Waals surface area contributed by atoms with Crippen molar-refractivity contribution in [3.05, 3.63) is 77.0 Å². The topological polar surface area (TPSA) is 45.3 Å². The average Bonchev–Trinajstić information content (AvgIpc) is 3.34. The molecule has 1 aliphatic rings. The zero-order valence-corrected chi connectivity index (χ0v) is 17.2. The zero-order valence-electron chi connectivity index (χ0n) is 17.2. The summed E-state index contributed by atoms with van der Waals surface area (Å²) in [5.74, 6) is -0.330. The first-order chi connectivity index (χ1) is 14.2. The minimum Gasteiger partial charge on any atom is -0.466 e. The number of hydrogen-bond acceptors (Lipinski definition) is 3. The molecule has 29 heavy (non-hydrogen) atoms. The lowest BCUT2D eigenvalue weighted by Crippen LogP contribution is -2.25. The van der Waals surface area contributed by atoms with Gasteiger partial charge >= 0.3 is 5.97 Å². The van der Waals surface area contributed by atoms with Crippen molar-refractivity contribution < 1.29 is 9.53 Å². The maximum atomic E-state index is 11.3. The molecular weight excluding hydrogens is 360 g/mol. The molecule has 4 nitrogen and oxygen atoms in total. The molecule has 2 aromatic carbocycles. The summed E-state index contributed by atoms with van der Waals surface area (Å²) in [7, 11) is 1.39. The Morgan fingerprint density at radius 3 is 2.79 bits per heavy atom. The number of methoxy groups -OCH3 is 1. The Hall–Kier alpha value is -2.85. The summed E-state index contributed by atoms with van der Waals surface area (Å²) in [4.78, 5) is 17.4. The van der Waals surface area contributed by atoms with E-state index < -0.39 is 0 Å². The van der Waals surface area contributed by atoms with Crippen LogP contribution in [0, 0.1) is 6.92 Å². The Bertz CT molecular complexity index is 1020. The largest absolute Gasteiger partial charge is 0.466 e. The number of ether oxygens (including phenoxy) is 1. The summed E-state index contributed by atoms with van der Waals surface area (Å²) in [6.45, 7) is 4.39. The van der Waals surface area contributed by atoms with Crippen molar-refractivity contribution in [3.63, 3.8) is 0 Å². The predicted molar refractivity (Wildman–Crippen MR) is 118 cm³/mol. The van der Waals surface area contributed by atoms with Crippen molar-refractivity contribution in [1.82, 2.24) is 9.88 Å². The van der Waals surface area contributed by atoms with Crippen LogP contribution in [0.4, 0.5) is 0 Å². The summed E-state index contributed by atoms with van der Waals surface area (Å²) >= 11 is 0. The number of benzene rings is 2. The Morgan fingerprint density at radius 2 is 2.00 bits per heavy atom. The molecule has 1 atom stereocenters. The lowest BCUT2D eigenvalue weighted by Gasteiger charge is -2.25. The van der Waals surface area contributed by atoms with E-state index in [4.69, 9.17) is 0 Å². The molecule has 1 aliphatic heterocycles. The molecule has 0 bridgehead atoms. The van der Waals surface area contributed by atoms with Crippen molar-refractivity contribution >= 4 is 22.9 Å². The molecule has 1 fully saturated rings. The number of para-hydroxylation sites is 1. The van der Waals surface area contributed by atoms with Crippen LogP contribution in [0.15, 0.2) is 54.6 Å². The molecule has 0 aliphatic carbocycles. The molecule has 1 aromatic heterocycles. The third-order valence-electron chi connectivity index (χ3n) is 5.97. The van der Waals surface area contributed by atoms with Crippen molar-refractivity contribution in [1.29, 1.82) is 0 Å². The molecule has 4 rings (SSSR count). The van der Waals surface area contributed by atoms with E-state index in [-0.39, 0.29) is 5.97 Å². The Morgan fingerprint density at radius 1 is 1.21 bits per heavy atom. The molecule has 1 N–H and O–H groups in total. The number of aromatic amines is 1. The van der Waals surface area contributed by atoms with E-state index in [1.54, 1.807) is 6.08 Å². The fourth-order valence-corrected chi connectivity index (χ4v) is 4.45. The number of nitrogens with zero attached hydrogens (tertiary/aromatic N) is 1. The van der Waals surface area contributed by atoms with Gasteiger partial charge in [-0.05, 0) is 61.6 Å². The molecule has 1 saturated heterocycles. The maximum absolute atomic E-state index is 11.3. The standard InChI is InChI=1S/C25H28N2O2/c1-18-21(22-6-3-4-7-23(22)26-18)15-17-27-16-5-8-24(27)20-12-9-19(10-13-20)11-14-25(28)29-2/h3-4,6-7,9-14,24,26H,5,8,15-17H2,1-2H3/b14-11+. The summed E-state index contributed by atoms with van der Waals surface area (Å²) in [5.41, 5.74) is 6.32. The van der Waals surface area contributed by atoms with E-state index in [0.717, 1.165) is 25.1 Å². The number of aryl methyl sites for hydroxylation is 1. The van der Waals surface area contributed by atoms with Gasteiger partial charge in [-0.25, -0.2) is 4.79 Å². The average molecular weight is 389 g/mol. The van der Waals surface area contributed by atoms with Gasteiger partial charge in [-0.3, -0.25) is 4.90 Å². The lowest BCUT2D eigenvalue weighted by atomic mass is 10.0. The van der Waals surface area contributed by atoms with E-state index in [0.29, 0.717) is 6.04 Å². The van der Waals surface area contributed by atoms with Crippen LogP contribution in [0.2, 0.25) is 0 Å². The van der Waals surface area contributed by atoms with E-state index in [1.807, 2.05) is 0 Å². The number of nitrogens with one attached hydrogen (secondary N) is 1. The monoisotopic (exact) mass is 388 g/mol. The Kier molecular flexibility index (Phi) is 5.81. The molecule has 0 saturated carbocycles. The van der Waals surface area contributed by atoms with Crippen LogP contribution in [-0.2, 0) is 16.0 Å². The number of aromatic nitrogens is 1. The van der Waals surface area contributed by atoms with E-state index in [9.17, 15) is 4.79 Å². The van der Waals surface area contributed by atoms with Crippen LogP contribution in [0.25, 0.3) is 17.0 Å². The molecule has 3 aromatic rings. The van der Waals surface area contributed by atoms with Crippen LogP contribution in [0.5, 0.6) is 0 Å². The highest BCUT2D eigenvalue weighted by atomic mass is 16.5. The lowest BCUT2D eigenvalue weighted by molar-refractivity contribution is -0.134. The van der Waals surface area contributed by atoms with E-state index >= 15 is 0 Å². The quantitative estimate of drug-likeness (QED) is 0.475. The number of fused-ring (bicyclic) bond motifs is 1. The molecule has 150 valence electrons. The highest BCUT2D eigenvalue weighted by molar-refractivity contribution is 5.87. The maximum Gasteiger partial charge on any atom is 0.330 e. The Balaban J connectivity index is 1.44. The van der Waals surface area contributed by atoms with Crippen molar-refractivity contribution in [2.24, 2.45) is 0 Å². The van der Waals surface area contributed by atoms with Crippen LogP contribution >= 0.6 is 0 Å². The first kappa shape index (κ1) is 19.5. The SMILES string of the molecule is COC(=O)/C=C/c1ccc(C2CCCN2CCc2c(C)[nH]c3ccccc23)cc1. The number of rotatable bonds is 6. The van der Waals surface area contributed by atoms with Gasteiger partial charge in [0, 0.05) is 35.3 Å². The normalized spacial score (nSPS) is 17.4. The van der Waals surface area contributed by atoms with Gasteiger partial charge in [0.05, 0.1) is 7.11 Å². The molecule has 0 spiro atoms. The number of esters is 1. The summed E-state index contributed by atoms with van der Waals surface area (Å²) < 4.78 is 4.65. The zero-order chi connectivity index (χ0) is 20.2. The number of hydrogen-bond donors (Lipinski definition) is 1. The number of likely N-dealkylation sites (tertiary alicyclic amines) is 1. The summed E-state index contributed by atoms with van der Waals surface area (Å²) in [6, 6.07) is 17.6. The smallest absolute Gasteiger partial charge is 0.330 e. The fourth-order valence-electron chi connectivity index (χ4n) is 4.45. The molecule has 2 heterocycles. The van der Waals surface area contributed by atoms with Gasteiger partial charge in [-0.15, -0.1) is 0 Å². The van der Waals surface area contributed by atoms with Crippen LogP contribution in [-0.4, -0.2) is 36.1 Å². The van der Waals surface area contributed by atoms with Crippen LogP contribution in [0.3, 0.4) is 0 Å². The summed E-state index contributed by atoms with van der Waals surface area (Å²) in [5, 5.41) is 1.35. The number of carbonyl (C=O) groups excluding carboxylic acids is 1. The van der Waals surface area contributed by atoms with Gasteiger partial charge in [0.2, 0.25) is 0 Å². The first-order valence-electron chi connectivity index (χ1n) is 10.3. The second-order valence-electron chi connectivity index (χ2n) is 7.74. The first-order valence-corrected chi connectivity index (χ1v) is 10.3. The molecule has 0 amide bonds. The third kappa shape index (κ3) is 4.28. The van der Waals surface area contributed by atoms with Gasteiger partial charge < -0.3 is 9.72 Å². The minimum absolute atomic E-state index is 0.330. The minimum atomic E-state index is -0.330. The van der Waals surface area contributed by atoms with Crippen LogP contribution in [0.1, 0.15) is 41.3 Å². The van der Waals surface area contributed by atoms with Gasteiger partial charge in [-0.2, -0.15) is 0 Å². The summed E-state index contributed by atoms with van der Waals surface area (Å²) in [6.07, 6.45) is 6.75.